The van der Waals surface area contributed by atoms with Crippen molar-refractivity contribution in [3.63, 3.8) is 0 Å². The topological polar surface area (TPSA) is 58.2 Å². The summed E-state index contributed by atoms with van der Waals surface area (Å²) < 4.78 is 13.1. The normalized spacial score (nSPS) is 11.5. The van der Waals surface area contributed by atoms with Crippen molar-refractivity contribution >= 4 is 35.0 Å². The van der Waals surface area contributed by atoms with E-state index in [9.17, 15) is 14.0 Å². The molecule has 176 valence electrons. The summed E-state index contributed by atoms with van der Waals surface area (Å²) in [5.74, 6) is -0.818. The van der Waals surface area contributed by atoms with E-state index in [4.69, 9.17) is 0 Å². The highest BCUT2D eigenvalue weighted by atomic mass is 32.2. The minimum absolute atomic E-state index is 0.108. The summed E-state index contributed by atoms with van der Waals surface area (Å²) in [6.45, 7) is 4.01. The van der Waals surface area contributed by atoms with E-state index in [0.29, 0.717) is 11.3 Å². The van der Waals surface area contributed by atoms with Crippen LogP contribution in [0.15, 0.2) is 102 Å². The van der Waals surface area contributed by atoms with E-state index in [1.165, 1.54) is 36.0 Å². The van der Waals surface area contributed by atoms with Gasteiger partial charge in [0.25, 0.3) is 5.91 Å². The van der Waals surface area contributed by atoms with E-state index in [1.807, 2.05) is 74.5 Å². The number of carbonyl (C=O) groups is 2. The molecule has 0 spiro atoms. The monoisotopic (exact) mass is 484 g/mol. The first kappa shape index (κ1) is 24.2. The quantitative estimate of drug-likeness (QED) is 0.274. The van der Waals surface area contributed by atoms with Gasteiger partial charge in [-0.3, -0.25) is 9.59 Å². The Hall–Kier alpha value is -3.90. The number of benzene rings is 4. The second-order valence-corrected chi connectivity index (χ2v) is 9.31. The van der Waals surface area contributed by atoms with Crippen LogP contribution in [0.4, 0.5) is 15.8 Å². The predicted octanol–water partition coefficient (Wildman–Crippen LogP) is 7.17. The van der Waals surface area contributed by atoms with Gasteiger partial charge < -0.3 is 10.6 Å². The third kappa shape index (κ3) is 6.16. The van der Waals surface area contributed by atoms with Crippen LogP contribution in [0.5, 0.6) is 0 Å². The number of anilines is 2. The Morgan fingerprint density at radius 1 is 0.771 bits per heavy atom. The molecule has 4 aromatic carbocycles. The highest BCUT2D eigenvalue weighted by Gasteiger charge is 2.23. The van der Waals surface area contributed by atoms with Gasteiger partial charge in [0.15, 0.2) is 0 Å². The van der Waals surface area contributed by atoms with Crippen LogP contribution in [0.1, 0.15) is 32.3 Å². The maximum atomic E-state index is 13.4. The maximum Gasteiger partial charge on any atom is 0.255 e. The zero-order chi connectivity index (χ0) is 24.8. The molecule has 0 aliphatic carbocycles. The van der Waals surface area contributed by atoms with Crippen LogP contribution in [-0.2, 0) is 4.79 Å². The first-order valence-corrected chi connectivity index (χ1v) is 12.0. The van der Waals surface area contributed by atoms with E-state index in [1.54, 1.807) is 12.1 Å². The van der Waals surface area contributed by atoms with Crippen LogP contribution in [0.2, 0.25) is 0 Å². The van der Waals surface area contributed by atoms with Gasteiger partial charge in [0, 0.05) is 21.8 Å². The number of carbonyl (C=O) groups excluding carboxylic acids is 2. The summed E-state index contributed by atoms with van der Waals surface area (Å²) in [6.07, 6.45) is 0. The molecule has 1 unspecified atom stereocenters. The molecule has 4 nitrogen and oxygen atoms in total. The van der Waals surface area contributed by atoms with Crippen LogP contribution in [-0.4, -0.2) is 11.8 Å². The predicted molar refractivity (Wildman–Crippen MR) is 140 cm³/mol. The molecule has 0 aliphatic heterocycles. The number of nitrogens with one attached hydrogen (secondary N) is 2. The molecule has 1 atom stereocenters. The summed E-state index contributed by atoms with van der Waals surface area (Å²) in [4.78, 5) is 26.6. The lowest BCUT2D eigenvalue weighted by atomic mass is 10.1. The molecule has 35 heavy (non-hydrogen) atoms. The van der Waals surface area contributed by atoms with Gasteiger partial charge in [0.1, 0.15) is 11.1 Å². The van der Waals surface area contributed by atoms with Gasteiger partial charge in [0.05, 0.1) is 0 Å². The SMILES string of the molecule is Cc1cccc(NC(=O)C(Sc2ccc(NC(=O)c3ccc(F)cc3)cc2)c2ccccc2)c1C. The largest absolute Gasteiger partial charge is 0.325 e. The highest BCUT2D eigenvalue weighted by molar-refractivity contribution is 8.00. The molecule has 4 rings (SSSR count). The minimum atomic E-state index is -0.462. The molecule has 0 bridgehead atoms. The number of rotatable bonds is 7. The van der Waals surface area contributed by atoms with Crippen LogP contribution in [0.25, 0.3) is 0 Å². The molecule has 2 N–H and O–H groups in total. The van der Waals surface area contributed by atoms with E-state index < -0.39 is 11.1 Å². The van der Waals surface area contributed by atoms with Crippen molar-refractivity contribution in [3.8, 4) is 0 Å². The van der Waals surface area contributed by atoms with Gasteiger partial charge in [-0.2, -0.15) is 0 Å². The van der Waals surface area contributed by atoms with Crippen LogP contribution < -0.4 is 10.6 Å². The van der Waals surface area contributed by atoms with Gasteiger partial charge in [-0.05, 0) is 85.1 Å². The standard InChI is InChI=1S/C29H25FN2O2S/c1-19-7-6-10-26(20(19)2)32-29(34)27(21-8-4-3-5-9-21)35-25-17-15-24(16-18-25)31-28(33)22-11-13-23(30)14-12-22/h3-18,27H,1-2H3,(H,31,33)(H,32,34). The van der Waals surface area contributed by atoms with Crippen molar-refractivity contribution in [2.45, 2.75) is 24.0 Å². The van der Waals surface area contributed by atoms with Crippen molar-refractivity contribution in [2.24, 2.45) is 0 Å². The lowest BCUT2D eigenvalue weighted by molar-refractivity contribution is -0.115. The van der Waals surface area contributed by atoms with Gasteiger partial charge >= 0.3 is 0 Å². The molecule has 0 saturated heterocycles. The number of hydrogen-bond acceptors (Lipinski definition) is 3. The van der Waals surface area contributed by atoms with Crippen molar-refractivity contribution in [3.05, 3.63) is 125 Å². The van der Waals surface area contributed by atoms with Crippen LogP contribution in [0.3, 0.4) is 0 Å². The fourth-order valence-corrected chi connectivity index (χ4v) is 4.57. The fraction of sp³-hybridized carbons (Fsp3) is 0.103. The second-order valence-electron chi connectivity index (χ2n) is 8.13. The Labute approximate surface area is 208 Å². The fourth-order valence-electron chi connectivity index (χ4n) is 3.54. The number of hydrogen-bond donors (Lipinski definition) is 2. The molecule has 0 aliphatic rings. The second kappa shape index (κ2) is 11.0. The molecule has 0 heterocycles. The summed E-state index contributed by atoms with van der Waals surface area (Å²) in [6, 6.07) is 28.2. The van der Waals surface area contributed by atoms with Crippen molar-refractivity contribution in [1.29, 1.82) is 0 Å². The molecule has 0 aromatic heterocycles. The highest BCUT2D eigenvalue weighted by Crippen LogP contribution is 2.37. The van der Waals surface area contributed by atoms with Gasteiger partial charge in [-0.25, -0.2) is 4.39 Å². The molecule has 0 radical (unpaired) electrons. The average molecular weight is 485 g/mol. The summed E-state index contributed by atoms with van der Waals surface area (Å²) in [7, 11) is 0. The van der Waals surface area contributed by atoms with Crippen molar-refractivity contribution in [2.75, 3.05) is 10.6 Å². The third-order valence-electron chi connectivity index (χ3n) is 5.68. The van der Waals surface area contributed by atoms with Crippen LogP contribution >= 0.6 is 11.8 Å². The van der Waals surface area contributed by atoms with E-state index in [-0.39, 0.29) is 11.8 Å². The van der Waals surface area contributed by atoms with Crippen molar-refractivity contribution < 1.29 is 14.0 Å². The molecule has 0 fully saturated rings. The minimum Gasteiger partial charge on any atom is -0.325 e. The summed E-state index contributed by atoms with van der Waals surface area (Å²) in [5.41, 5.74) is 4.84. The molecule has 4 aromatic rings. The third-order valence-corrected chi connectivity index (χ3v) is 6.94. The molecule has 0 saturated carbocycles. The Kier molecular flexibility index (Phi) is 7.63. The van der Waals surface area contributed by atoms with E-state index in [0.717, 1.165) is 27.3 Å². The van der Waals surface area contributed by atoms with Gasteiger partial charge in [-0.15, -0.1) is 11.8 Å². The molecule has 2 amide bonds. The Morgan fingerprint density at radius 3 is 2.14 bits per heavy atom. The first-order chi connectivity index (χ1) is 16.9. The molecule has 6 heteroatoms. The Balaban J connectivity index is 1.50. The zero-order valence-electron chi connectivity index (χ0n) is 19.4. The number of aryl methyl sites for hydroxylation is 1. The summed E-state index contributed by atoms with van der Waals surface area (Å²) in [5, 5.41) is 5.43. The molecular formula is C29H25FN2O2S. The number of thioether (sulfide) groups is 1. The summed E-state index contributed by atoms with van der Waals surface area (Å²) >= 11 is 1.44. The van der Waals surface area contributed by atoms with Gasteiger partial charge in [-0.1, -0.05) is 42.5 Å². The van der Waals surface area contributed by atoms with Crippen LogP contribution in [0, 0.1) is 19.7 Å². The first-order valence-electron chi connectivity index (χ1n) is 11.2. The van der Waals surface area contributed by atoms with Crippen molar-refractivity contribution in [1.82, 2.24) is 0 Å². The zero-order valence-corrected chi connectivity index (χ0v) is 20.2. The maximum absolute atomic E-state index is 13.4. The lowest BCUT2D eigenvalue weighted by Gasteiger charge is -2.19. The number of amides is 2. The lowest BCUT2D eigenvalue weighted by Crippen LogP contribution is -2.19. The van der Waals surface area contributed by atoms with E-state index >= 15 is 0 Å². The Bertz CT molecular complexity index is 1320. The van der Waals surface area contributed by atoms with E-state index in [2.05, 4.69) is 10.6 Å². The molecular weight excluding hydrogens is 459 g/mol. The number of halogens is 1. The van der Waals surface area contributed by atoms with Gasteiger partial charge in [0.2, 0.25) is 5.91 Å². The average Bonchev–Trinajstić information content (AvgIpc) is 2.87. The smallest absolute Gasteiger partial charge is 0.255 e. The Morgan fingerprint density at radius 2 is 1.46 bits per heavy atom.